The summed E-state index contributed by atoms with van der Waals surface area (Å²) in [6, 6.07) is 0. The van der Waals surface area contributed by atoms with Gasteiger partial charge < -0.3 is 10.1 Å². The molecule has 1 unspecified atom stereocenters. The molecule has 1 atom stereocenters. The first-order valence-electron chi connectivity index (χ1n) is 5.76. The summed E-state index contributed by atoms with van der Waals surface area (Å²) in [6.45, 7) is -0.250. The standard InChI is InChI=1S/C11H19F2NO/c1-14-8-11(12,13)7-9-3-6-10(15-9)4-2-5-10/h9,14H,2-8H2,1H3. The molecular weight excluding hydrogens is 200 g/mol. The highest BCUT2D eigenvalue weighted by Crippen LogP contribution is 2.47. The Kier molecular flexibility index (Phi) is 2.99. The molecule has 1 saturated heterocycles. The lowest BCUT2D eigenvalue weighted by molar-refractivity contribution is -0.121. The average Bonchev–Trinajstić information content (AvgIpc) is 2.46. The number of ether oxygens (including phenoxy) is 1. The lowest BCUT2D eigenvalue weighted by Crippen LogP contribution is -2.39. The molecule has 0 aromatic heterocycles. The van der Waals surface area contributed by atoms with Gasteiger partial charge in [0.2, 0.25) is 0 Å². The minimum Gasteiger partial charge on any atom is -0.372 e. The van der Waals surface area contributed by atoms with E-state index in [9.17, 15) is 8.78 Å². The van der Waals surface area contributed by atoms with Crippen LogP contribution in [0, 0.1) is 0 Å². The monoisotopic (exact) mass is 219 g/mol. The molecule has 1 aliphatic heterocycles. The SMILES string of the molecule is CNCC(F)(F)CC1CCC2(CCC2)O1. The molecular formula is C11H19F2NO. The molecule has 2 fully saturated rings. The van der Waals surface area contributed by atoms with Crippen LogP contribution in [-0.2, 0) is 4.74 Å². The van der Waals surface area contributed by atoms with Gasteiger partial charge in [-0.05, 0) is 39.2 Å². The molecule has 15 heavy (non-hydrogen) atoms. The van der Waals surface area contributed by atoms with Crippen molar-refractivity contribution in [3.05, 3.63) is 0 Å². The molecule has 4 heteroatoms. The van der Waals surface area contributed by atoms with Crippen molar-refractivity contribution >= 4 is 0 Å². The summed E-state index contributed by atoms with van der Waals surface area (Å²) in [6.07, 6.45) is 4.76. The maximum atomic E-state index is 13.3. The fourth-order valence-corrected chi connectivity index (χ4v) is 2.64. The van der Waals surface area contributed by atoms with Crippen LogP contribution in [0.1, 0.15) is 38.5 Å². The summed E-state index contributed by atoms with van der Waals surface area (Å²) < 4.78 is 32.4. The quantitative estimate of drug-likeness (QED) is 0.783. The lowest BCUT2D eigenvalue weighted by atomic mass is 9.78. The first-order chi connectivity index (χ1) is 7.05. The summed E-state index contributed by atoms with van der Waals surface area (Å²) in [7, 11) is 1.55. The number of alkyl halides is 2. The topological polar surface area (TPSA) is 21.3 Å². The zero-order valence-electron chi connectivity index (χ0n) is 9.19. The Bertz CT molecular complexity index is 229. The molecule has 1 spiro atoms. The molecule has 1 heterocycles. The molecule has 2 nitrogen and oxygen atoms in total. The van der Waals surface area contributed by atoms with Gasteiger partial charge in [-0.2, -0.15) is 0 Å². The Morgan fingerprint density at radius 2 is 2.13 bits per heavy atom. The fraction of sp³-hybridized carbons (Fsp3) is 1.00. The van der Waals surface area contributed by atoms with Gasteiger partial charge in [0.05, 0.1) is 18.2 Å². The van der Waals surface area contributed by atoms with Gasteiger partial charge in [-0.1, -0.05) is 0 Å². The predicted octanol–water partition coefficient (Wildman–Crippen LogP) is 2.33. The van der Waals surface area contributed by atoms with E-state index in [1.165, 1.54) is 6.42 Å². The third-order valence-corrected chi connectivity index (χ3v) is 3.57. The number of halogens is 2. The first kappa shape index (κ1) is 11.3. The fourth-order valence-electron chi connectivity index (χ4n) is 2.64. The highest BCUT2D eigenvalue weighted by molar-refractivity contribution is 4.96. The number of hydrogen-bond acceptors (Lipinski definition) is 2. The number of hydrogen-bond donors (Lipinski definition) is 1. The highest BCUT2D eigenvalue weighted by Gasteiger charge is 2.47. The minimum absolute atomic E-state index is 0.000387. The van der Waals surface area contributed by atoms with Gasteiger partial charge in [0.15, 0.2) is 0 Å². The van der Waals surface area contributed by atoms with Crippen LogP contribution in [0.5, 0.6) is 0 Å². The van der Waals surface area contributed by atoms with E-state index in [0.717, 1.165) is 25.7 Å². The van der Waals surface area contributed by atoms with Crippen LogP contribution in [0.15, 0.2) is 0 Å². The third kappa shape index (κ3) is 2.48. The molecule has 2 aliphatic rings. The van der Waals surface area contributed by atoms with E-state index < -0.39 is 5.92 Å². The van der Waals surface area contributed by atoms with E-state index in [1.807, 2.05) is 0 Å². The summed E-state index contributed by atoms with van der Waals surface area (Å²) in [5.74, 6) is -2.63. The second-order valence-electron chi connectivity index (χ2n) is 4.91. The molecule has 2 rings (SSSR count). The van der Waals surface area contributed by atoms with Crippen molar-refractivity contribution in [1.82, 2.24) is 5.32 Å². The lowest BCUT2D eigenvalue weighted by Gasteiger charge is -2.38. The predicted molar refractivity (Wildman–Crippen MR) is 54.2 cm³/mol. The highest BCUT2D eigenvalue weighted by atomic mass is 19.3. The van der Waals surface area contributed by atoms with Crippen molar-refractivity contribution in [2.24, 2.45) is 0 Å². The van der Waals surface area contributed by atoms with Crippen LogP contribution in [0.25, 0.3) is 0 Å². The average molecular weight is 219 g/mol. The van der Waals surface area contributed by atoms with Gasteiger partial charge in [-0.3, -0.25) is 0 Å². The van der Waals surface area contributed by atoms with Crippen molar-refractivity contribution in [3.63, 3.8) is 0 Å². The van der Waals surface area contributed by atoms with Crippen molar-refractivity contribution in [2.75, 3.05) is 13.6 Å². The first-order valence-corrected chi connectivity index (χ1v) is 5.76. The van der Waals surface area contributed by atoms with Crippen molar-refractivity contribution in [2.45, 2.75) is 56.2 Å². The second-order valence-corrected chi connectivity index (χ2v) is 4.91. The smallest absolute Gasteiger partial charge is 0.262 e. The van der Waals surface area contributed by atoms with Gasteiger partial charge in [0.1, 0.15) is 0 Å². The van der Waals surface area contributed by atoms with E-state index in [1.54, 1.807) is 7.05 Å². The zero-order chi connectivity index (χ0) is 10.9. The summed E-state index contributed by atoms with van der Waals surface area (Å²) >= 11 is 0. The van der Waals surface area contributed by atoms with Gasteiger partial charge in [0, 0.05) is 6.42 Å². The maximum Gasteiger partial charge on any atom is 0.262 e. The Morgan fingerprint density at radius 3 is 2.60 bits per heavy atom. The van der Waals surface area contributed by atoms with Crippen LogP contribution in [-0.4, -0.2) is 31.2 Å². The Labute approximate surface area is 89.4 Å². The molecule has 0 aromatic rings. The van der Waals surface area contributed by atoms with Gasteiger partial charge in [-0.15, -0.1) is 0 Å². The molecule has 88 valence electrons. The van der Waals surface area contributed by atoms with Crippen LogP contribution >= 0.6 is 0 Å². The molecule has 0 aromatic carbocycles. The zero-order valence-corrected chi connectivity index (χ0v) is 9.19. The van der Waals surface area contributed by atoms with E-state index in [-0.39, 0.29) is 24.7 Å². The van der Waals surface area contributed by atoms with Gasteiger partial charge >= 0.3 is 0 Å². The largest absolute Gasteiger partial charge is 0.372 e. The van der Waals surface area contributed by atoms with E-state index in [2.05, 4.69) is 5.32 Å². The van der Waals surface area contributed by atoms with Gasteiger partial charge in [0.25, 0.3) is 5.92 Å². The van der Waals surface area contributed by atoms with Crippen LogP contribution in [0.4, 0.5) is 8.78 Å². The Balaban J connectivity index is 1.81. The summed E-state index contributed by atoms with van der Waals surface area (Å²) in [5.41, 5.74) is 0.000387. The molecule has 0 amide bonds. The summed E-state index contributed by atoms with van der Waals surface area (Å²) in [4.78, 5) is 0. The van der Waals surface area contributed by atoms with Crippen LogP contribution < -0.4 is 5.32 Å². The molecule has 0 radical (unpaired) electrons. The van der Waals surface area contributed by atoms with Crippen LogP contribution in [0.3, 0.4) is 0 Å². The Hall–Kier alpha value is -0.220. The molecule has 0 bridgehead atoms. The van der Waals surface area contributed by atoms with Crippen molar-refractivity contribution < 1.29 is 13.5 Å². The summed E-state index contributed by atoms with van der Waals surface area (Å²) in [5, 5.41) is 2.53. The molecule has 1 N–H and O–H groups in total. The third-order valence-electron chi connectivity index (χ3n) is 3.57. The minimum atomic E-state index is -2.63. The van der Waals surface area contributed by atoms with Crippen molar-refractivity contribution in [3.8, 4) is 0 Å². The number of rotatable bonds is 4. The van der Waals surface area contributed by atoms with E-state index in [0.29, 0.717) is 0 Å². The maximum absolute atomic E-state index is 13.3. The van der Waals surface area contributed by atoms with E-state index in [4.69, 9.17) is 4.74 Å². The van der Waals surface area contributed by atoms with E-state index >= 15 is 0 Å². The second kappa shape index (κ2) is 3.98. The molecule has 1 saturated carbocycles. The van der Waals surface area contributed by atoms with Gasteiger partial charge in [-0.25, -0.2) is 8.78 Å². The Morgan fingerprint density at radius 1 is 1.40 bits per heavy atom. The molecule has 1 aliphatic carbocycles. The normalized spacial score (nSPS) is 29.4. The number of nitrogens with one attached hydrogen (secondary N) is 1. The van der Waals surface area contributed by atoms with Crippen LogP contribution in [0.2, 0.25) is 0 Å². The van der Waals surface area contributed by atoms with Crippen molar-refractivity contribution in [1.29, 1.82) is 0 Å².